The van der Waals surface area contributed by atoms with Gasteiger partial charge in [-0.1, -0.05) is 12.1 Å². The number of halogens is 1. The zero-order chi connectivity index (χ0) is 22.9. The third kappa shape index (κ3) is 4.26. The van der Waals surface area contributed by atoms with Gasteiger partial charge in [-0.3, -0.25) is 14.5 Å². The molecule has 2 saturated heterocycles. The number of rotatable bonds is 4. The topological polar surface area (TPSA) is 69.6 Å². The predicted molar refractivity (Wildman–Crippen MR) is 125 cm³/mol. The number of carbonyl (C=O) groups excluding carboxylic acids is 2. The van der Waals surface area contributed by atoms with Crippen molar-refractivity contribution in [3.05, 3.63) is 64.6 Å². The largest absolute Gasteiger partial charge is 0.334 e. The summed E-state index contributed by atoms with van der Waals surface area (Å²) in [4.78, 5) is 39.2. The highest BCUT2D eigenvalue weighted by molar-refractivity contribution is 7.11. The summed E-state index contributed by atoms with van der Waals surface area (Å²) >= 11 is 1.36. The first-order chi connectivity index (χ1) is 16.0. The van der Waals surface area contributed by atoms with Gasteiger partial charge in [0.15, 0.2) is 5.01 Å². The molecule has 0 radical (unpaired) electrons. The second-order valence-electron chi connectivity index (χ2n) is 8.37. The van der Waals surface area contributed by atoms with Gasteiger partial charge in [0.05, 0.1) is 0 Å². The Morgan fingerprint density at radius 1 is 1.12 bits per heavy atom. The van der Waals surface area contributed by atoms with Crippen LogP contribution in [0.3, 0.4) is 0 Å². The van der Waals surface area contributed by atoms with E-state index >= 15 is 0 Å². The van der Waals surface area contributed by atoms with Gasteiger partial charge in [0.1, 0.15) is 0 Å². The maximum atomic E-state index is 14.4. The highest BCUT2D eigenvalue weighted by atomic mass is 32.1. The Balaban J connectivity index is 1.27. The van der Waals surface area contributed by atoms with Gasteiger partial charge >= 0.3 is 0 Å². The lowest BCUT2D eigenvalue weighted by atomic mass is 10.0. The third-order valence-electron chi connectivity index (χ3n) is 6.40. The van der Waals surface area contributed by atoms with Gasteiger partial charge in [-0.25, -0.2) is 9.97 Å². The van der Waals surface area contributed by atoms with Gasteiger partial charge in [0.25, 0.3) is 5.91 Å². The summed E-state index contributed by atoms with van der Waals surface area (Å²) in [6, 6.07) is 9.31. The van der Waals surface area contributed by atoms with E-state index in [0.717, 1.165) is 24.3 Å². The molecule has 0 N–H and O–H groups in total. The fraction of sp³-hybridized carbons (Fsp3) is 0.333. The molecule has 2 aliphatic heterocycles. The van der Waals surface area contributed by atoms with Crippen LogP contribution in [-0.4, -0.2) is 70.3 Å². The number of thiazole rings is 1. The van der Waals surface area contributed by atoms with Crippen LogP contribution in [0.1, 0.15) is 21.8 Å². The van der Waals surface area contributed by atoms with Crippen LogP contribution in [0.2, 0.25) is 0 Å². The zero-order valence-electron chi connectivity index (χ0n) is 18.3. The molecule has 170 valence electrons. The van der Waals surface area contributed by atoms with E-state index in [-0.39, 0.29) is 17.9 Å². The molecular weight excluding hydrogens is 441 g/mol. The summed E-state index contributed by atoms with van der Waals surface area (Å²) < 4.78 is 14.4. The summed E-state index contributed by atoms with van der Waals surface area (Å²) in [5.74, 6) is -0.478. The average molecular weight is 466 g/mol. The summed E-state index contributed by atoms with van der Waals surface area (Å²) in [5, 5.41) is 2.33. The van der Waals surface area contributed by atoms with Crippen LogP contribution < -0.4 is 4.90 Å². The van der Waals surface area contributed by atoms with E-state index in [9.17, 15) is 14.0 Å². The summed E-state index contributed by atoms with van der Waals surface area (Å²) in [7, 11) is 0. The Morgan fingerprint density at radius 2 is 1.94 bits per heavy atom. The molecule has 2 aliphatic rings. The number of hydrogen-bond acceptors (Lipinski definition) is 6. The Labute approximate surface area is 195 Å². The smallest absolute Gasteiger partial charge is 0.282 e. The van der Waals surface area contributed by atoms with Crippen molar-refractivity contribution in [3.63, 3.8) is 0 Å². The summed E-state index contributed by atoms with van der Waals surface area (Å²) in [5.41, 5.74) is 2.74. The Bertz CT molecular complexity index is 1160. The normalized spacial score (nSPS) is 19.3. The van der Waals surface area contributed by atoms with Crippen molar-refractivity contribution in [3.8, 4) is 11.1 Å². The number of aryl methyl sites for hydroxylation is 1. The SMILES string of the molecule is Cc1ccnc(F)c1-c1cccc(N2CC(N3CCN(C(=O)c4nccs4)CC3)CC2=O)c1. The lowest BCUT2D eigenvalue weighted by Gasteiger charge is -2.37. The molecule has 33 heavy (non-hydrogen) atoms. The monoisotopic (exact) mass is 465 g/mol. The molecule has 0 saturated carbocycles. The van der Waals surface area contributed by atoms with E-state index in [1.54, 1.807) is 22.5 Å². The van der Waals surface area contributed by atoms with Crippen LogP contribution in [0.5, 0.6) is 0 Å². The fourth-order valence-electron chi connectivity index (χ4n) is 4.64. The molecule has 2 aromatic heterocycles. The van der Waals surface area contributed by atoms with Crippen LogP contribution in [-0.2, 0) is 4.79 Å². The number of piperazine rings is 1. The number of pyridine rings is 1. The van der Waals surface area contributed by atoms with E-state index in [0.29, 0.717) is 42.2 Å². The van der Waals surface area contributed by atoms with E-state index in [1.165, 1.54) is 17.5 Å². The highest BCUT2D eigenvalue weighted by Gasteiger charge is 2.36. The van der Waals surface area contributed by atoms with Gasteiger partial charge in [-0.15, -0.1) is 11.3 Å². The Hall–Kier alpha value is -3.17. The van der Waals surface area contributed by atoms with Crippen molar-refractivity contribution in [2.45, 2.75) is 19.4 Å². The average Bonchev–Trinajstić information content (AvgIpc) is 3.49. The molecule has 9 heteroatoms. The molecular formula is C24H24FN5O2S. The molecule has 2 amide bonds. The Kier molecular flexibility index (Phi) is 5.90. The molecule has 1 atom stereocenters. The van der Waals surface area contributed by atoms with Crippen LogP contribution >= 0.6 is 11.3 Å². The number of nitrogens with zero attached hydrogens (tertiary/aromatic N) is 5. The number of benzene rings is 1. The van der Waals surface area contributed by atoms with E-state index < -0.39 is 5.95 Å². The summed E-state index contributed by atoms with van der Waals surface area (Å²) in [6.07, 6.45) is 3.54. The zero-order valence-corrected chi connectivity index (χ0v) is 19.1. The molecule has 0 aliphatic carbocycles. The van der Waals surface area contributed by atoms with Crippen LogP contribution in [0.4, 0.5) is 10.1 Å². The molecule has 5 rings (SSSR count). The molecule has 0 bridgehead atoms. The van der Waals surface area contributed by atoms with Crippen LogP contribution in [0, 0.1) is 12.9 Å². The fourth-order valence-corrected chi connectivity index (χ4v) is 5.24. The summed E-state index contributed by atoms with van der Waals surface area (Å²) in [6.45, 7) is 5.13. The van der Waals surface area contributed by atoms with Crippen LogP contribution in [0.15, 0.2) is 48.1 Å². The predicted octanol–water partition coefficient (Wildman–Crippen LogP) is 3.22. The number of anilines is 1. The second kappa shape index (κ2) is 8.99. The van der Waals surface area contributed by atoms with E-state index in [1.807, 2.05) is 36.1 Å². The number of aromatic nitrogens is 2. The van der Waals surface area contributed by atoms with Crippen molar-refractivity contribution >= 4 is 28.8 Å². The van der Waals surface area contributed by atoms with Crippen molar-refractivity contribution in [2.24, 2.45) is 0 Å². The third-order valence-corrected chi connectivity index (χ3v) is 7.16. The van der Waals surface area contributed by atoms with Crippen molar-refractivity contribution < 1.29 is 14.0 Å². The first-order valence-corrected chi connectivity index (χ1v) is 11.8. The minimum Gasteiger partial charge on any atom is -0.334 e. The van der Waals surface area contributed by atoms with Gasteiger partial charge in [0.2, 0.25) is 11.9 Å². The number of carbonyl (C=O) groups is 2. The maximum absolute atomic E-state index is 14.4. The quantitative estimate of drug-likeness (QED) is 0.554. The van der Waals surface area contributed by atoms with Crippen molar-refractivity contribution in [1.29, 1.82) is 0 Å². The molecule has 1 aromatic carbocycles. The Morgan fingerprint density at radius 3 is 2.67 bits per heavy atom. The first-order valence-electron chi connectivity index (χ1n) is 11.0. The minimum atomic E-state index is -0.511. The van der Waals surface area contributed by atoms with Gasteiger partial charge in [0, 0.05) is 74.2 Å². The highest BCUT2D eigenvalue weighted by Crippen LogP contribution is 2.31. The molecule has 3 aromatic rings. The number of hydrogen-bond donors (Lipinski definition) is 0. The standard InChI is InChI=1S/C24H24FN5O2S/c1-16-5-6-26-22(25)21(16)17-3-2-4-18(13-17)30-15-19(14-20(30)31)28-8-10-29(11-9-28)24(32)23-27-7-12-33-23/h2-7,12-13,19H,8-11,14-15H2,1H3. The van der Waals surface area contributed by atoms with E-state index in [4.69, 9.17) is 0 Å². The van der Waals surface area contributed by atoms with Gasteiger partial charge in [-0.2, -0.15) is 4.39 Å². The number of amides is 2. The molecule has 1 unspecified atom stereocenters. The van der Waals surface area contributed by atoms with Crippen molar-refractivity contribution in [2.75, 3.05) is 37.6 Å². The lowest BCUT2D eigenvalue weighted by molar-refractivity contribution is -0.117. The van der Waals surface area contributed by atoms with Gasteiger partial charge < -0.3 is 9.80 Å². The lowest BCUT2D eigenvalue weighted by Crippen LogP contribution is -2.52. The van der Waals surface area contributed by atoms with Gasteiger partial charge in [-0.05, 0) is 36.2 Å². The maximum Gasteiger partial charge on any atom is 0.282 e. The second-order valence-corrected chi connectivity index (χ2v) is 9.27. The van der Waals surface area contributed by atoms with Crippen molar-refractivity contribution in [1.82, 2.24) is 19.8 Å². The molecule has 0 spiro atoms. The first kappa shape index (κ1) is 21.7. The molecule has 2 fully saturated rings. The molecule has 7 nitrogen and oxygen atoms in total. The van der Waals surface area contributed by atoms with E-state index in [2.05, 4.69) is 14.9 Å². The minimum absolute atomic E-state index is 0.0245. The molecule has 4 heterocycles. The van der Waals surface area contributed by atoms with Crippen LogP contribution in [0.25, 0.3) is 11.1 Å².